The van der Waals surface area contributed by atoms with Gasteiger partial charge in [-0.25, -0.2) is 4.98 Å². The first-order valence-corrected chi connectivity index (χ1v) is 7.54. The molecule has 1 saturated heterocycles. The molecular weight excluding hydrogens is 270 g/mol. The van der Waals surface area contributed by atoms with Crippen molar-refractivity contribution in [1.29, 1.82) is 0 Å². The maximum absolute atomic E-state index is 10.2. The fourth-order valence-electron chi connectivity index (χ4n) is 2.49. The molecule has 0 amide bonds. The van der Waals surface area contributed by atoms with E-state index in [0.717, 1.165) is 18.9 Å². The molecule has 3 rings (SSSR count). The van der Waals surface area contributed by atoms with E-state index < -0.39 is 0 Å². The van der Waals surface area contributed by atoms with Gasteiger partial charge >= 0.3 is 0 Å². The molecular formula is C14H23N5O2. The number of rotatable bonds is 2. The highest BCUT2D eigenvalue weighted by Gasteiger charge is 2.12. The fourth-order valence-corrected chi connectivity index (χ4v) is 2.49. The van der Waals surface area contributed by atoms with Crippen molar-refractivity contribution < 1.29 is 4.74 Å². The first-order valence-electron chi connectivity index (χ1n) is 7.54. The third-order valence-corrected chi connectivity index (χ3v) is 3.69. The molecule has 1 aromatic rings. The smallest absolute Gasteiger partial charge is 0.292 e. The molecule has 2 N–H and O–H groups in total. The first kappa shape index (κ1) is 15.8. The van der Waals surface area contributed by atoms with Crippen LogP contribution in [0, 0.1) is 4.91 Å². The Morgan fingerprint density at radius 1 is 1.24 bits per heavy atom. The summed E-state index contributed by atoms with van der Waals surface area (Å²) >= 11 is 0. The molecule has 2 aliphatic rings. The topological polar surface area (TPSA) is 93.7 Å². The van der Waals surface area contributed by atoms with Crippen LogP contribution < -0.4 is 10.6 Å². The van der Waals surface area contributed by atoms with Crippen molar-refractivity contribution in [1.82, 2.24) is 9.97 Å². The van der Waals surface area contributed by atoms with Crippen LogP contribution in [-0.4, -0.2) is 42.3 Å². The van der Waals surface area contributed by atoms with Crippen molar-refractivity contribution in [3.05, 3.63) is 17.2 Å². The van der Waals surface area contributed by atoms with Crippen molar-refractivity contribution in [3.8, 4) is 0 Å². The average Bonchev–Trinajstić information content (AvgIpc) is 2.57. The number of nitrogens with two attached hydrogens (primary N) is 1. The molecule has 2 heterocycles. The Morgan fingerprint density at radius 2 is 1.95 bits per heavy atom. The lowest BCUT2D eigenvalue weighted by molar-refractivity contribution is 0.122. The van der Waals surface area contributed by atoms with Gasteiger partial charge in [-0.1, -0.05) is 19.3 Å². The normalized spacial score (nSPS) is 19.6. The summed E-state index contributed by atoms with van der Waals surface area (Å²) in [7, 11) is 0. The van der Waals surface area contributed by atoms with Crippen LogP contribution in [0.4, 0.5) is 11.8 Å². The molecule has 2 fully saturated rings. The molecule has 0 aromatic carbocycles. The van der Waals surface area contributed by atoms with Crippen LogP contribution in [-0.2, 0) is 4.74 Å². The van der Waals surface area contributed by atoms with E-state index in [1.54, 1.807) is 6.07 Å². The number of morpholine rings is 1. The molecule has 1 aliphatic heterocycles. The lowest BCUT2D eigenvalue weighted by Crippen LogP contribution is -2.36. The van der Waals surface area contributed by atoms with Crippen molar-refractivity contribution in [3.63, 3.8) is 0 Å². The average molecular weight is 293 g/mol. The van der Waals surface area contributed by atoms with Crippen molar-refractivity contribution >= 4 is 11.8 Å². The summed E-state index contributed by atoms with van der Waals surface area (Å²) in [6.45, 7) is 2.95. The molecule has 7 heteroatoms. The Labute approximate surface area is 124 Å². The molecule has 0 radical (unpaired) electrons. The Morgan fingerprint density at radius 3 is 2.52 bits per heavy atom. The molecule has 7 nitrogen and oxygen atoms in total. The van der Waals surface area contributed by atoms with Gasteiger partial charge in [-0.2, -0.15) is 4.98 Å². The fraction of sp³-hybridized carbons (Fsp3) is 0.714. The van der Waals surface area contributed by atoms with Crippen LogP contribution in [0.25, 0.3) is 0 Å². The molecule has 21 heavy (non-hydrogen) atoms. The third kappa shape index (κ3) is 5.35. The number of aromatic nitrogens is 2. The highest BCUT2D eigenvalue weighted by atomic mass is 16.5. The molecule has 0 unspecified atom stereocenters. The van der Waals surface area contributed by atoms with Gasteiger partial charge in [0.1, 0.15) is 5.82 Å². The predicted octanol–water partition coefficient (Wildman–Crippen LogP) is 1.99. The summed E-state index contributed by atoms with van der Waals surface area (Å²) < 4.78 is 5.21. The maximum atomic E-state index is 10.2. The van der Waals surface area contributed by atoms with Gasteiger partial charge in [0.2, 0.25) is 0 Å². The van der Waals surface area contributed by atoms with Gasteiger partial charge in [0, 0.05) is 30.5 Å². The second-order valence-electron chi connectivity index (χ2n) is 5.30. The van der Waals surface area contributed by atoms with Gasteiger partial charge in [-0.3, -0.25) is 0 Å². The molecule has 0 spiro atoms. The van der Waals surface area contributed by atoms with E-state index >= 15 is 0 Å². The molecule has 1 aromatic heterocycles. The van der Waals surface area contributed by atoms with Crippen LogP contribution in [0.15, 0.2) is 17.4 Å². The Balaban J connectivity index is 0.000000194. The van der Waals surface area contributed by atoms with Crippen LogP contribution in [0.5, 0.6) is 0 Å². The second kappa shape index (κ2) is 8.63. The van der Waals surface area contributed by atoms with Gasteiger partial charge in [0.25, 0.3) is 5.95 Å². The monoisotopic (exact) mass is 293 g/mol. The van der Waals surface area contributed by atoms with Crippen LogP contribution in [0.3, 0.4) is 0 Å². The minimum absolute atomic E-state index is 0.0195. The number of hydrogen-bond acceptors (Lipinski definition) is 7. The Bertz CT molecular complexity index is 431. The predicted molar refractivity (Wildman–Crippen MR) is 81.6 cm³/mol. The molecule has 1 saturated carbocycles. The van der Waals surface area contributed by atoms with E-state index in [1.165, 1.54) is 38.3 Å². The lowest BCUT2D eigenvalue weighted by atomic mass is 9.97. The van der Waals surface area contributed by atoms with E-state index in [4.69, 9.17) is 10.5 Å². The number of nitrogens with zero attached hydrogens (tertiary/aromatic N) is 4. The van der Waals surface area contributed by atoms with Crippen molar-refractivity contribution in [2.45, 2.75) is 38.1 Å². The number of ether oxygens (including phenoxy) is 1. The Kier molecular flexibility index (Phi) is 6.49. The van der Waals surface area contributed by atoms with Gasteiger partial charge in [0.05, 0.1) is 13.2 Å². The summed E-state index contributed by atoms with van der Waals surface area (Å²) in [6.07, 6.45) is 8.20. The Hall–Kier alpha value is -1.60. The third-order valence-electron chi connectivity index (χ3n) is 3.69. The minimum Gasteiger partial charge on any atom is -0.378 e. The molecule has 0 bridgehead atoms. The van der Waals surface area contributed by atoms with E-state index in [0.29, 0.717) is 19.3 Å². The quantitative estimate of drug-likeness (QED) is 0.838. The summed E-state index contributed by atoms with van der Waals surface area (Å²) in [5.74, 6) is 0.715. The zero-order chi connectivity index (χ0) is 14.9. The van der Waals surface area contributed by atoms with Crippen molar-refractivity contribution in [2.75, 3.05) is 31.2 Å². The summed E-state index contributed by atoms with van der Waals surface area (Å²) in [5, 5.41) is 2.70. The van der Waals surface area contributed by atoms with E-state index in [1.807, 2.05) is 4.90 Å². The standard InChI is InChI=1S/C8H10N4O2.C6H13N/c13-11-8-9-2-1-7(10-8)12-3-5-14-6-4-12;7-6-4-2-1-3-5-6/h1-2H,3-6H2;6H,1-5,7H2. The highest BCUT2D eigenvalue weighted by Crippen LogP contribution is 2.15. The van der Waals surface area contributed by atoms with Crippen LogP contribution >= 0.6 is 0 Å². The molecule has 0 atom stereocenters. The molecule has 116 valence electrons. The molecule has 1 aliphatic carbocycles. The van der Waals surface area contributed by atoms with E-state index in [-0.39, 0.29) is 5.95 Å². The van der Waals surface area contributed by atoms with Crippen molar-refractivity contribution in [2.24, 2.45) is 10.9 Å². The minimum atomic E-state index is -0.0195. The second-order valence-corrected chi connectivity index (χ2v) is 5.30. The summed E-state index contributed by atoms with van der Waals surface area (Å²) in [5.41, 5.74) is 5.63. The largest absolute Gasteiger partial charge is 0.378 e. The van der Waals surface area contributed by atoms with Gasteiger partial charge < -0.3 is 15.4 Å². The summed E-state index contributed by atoms with van der Waals surface area (Å²) in [4.78, 5) is 20.0. The van der Waals surface area contributed by atoms with Crippen LogP contribution in [0.1, 0.15) is 32.1 Å². The van der Waals surface area contributed by atoms with E-state index in [2.05, 4.69) is 15.1 Å². The maximum Gasteiger partial charge on any atom is 0.292 e. The van der Waals surface area contributed by atoms with E-state index in [9.17, 15) is 4.91 Å². The van der Waals surface area contributed by atoms with Crippen LogP contribution in [0.2, 0.25) is 0 Å². The van der Waals surface area contributed by atoms with Gasteiger partial charge in [0.15, 0.2) is 0 Å². The van der Waals surface area contributed by atoms with Gasteiger partial charge in [-0.15, -0.1) is 4.91 Å². The number of hydrogen-bond donors (Lipinski definition) is 1. The summed E-state index contributed by atoms with van der Waals surface area (Å²) in [6, 6.07) is 2.30. The van der Waals surface area contributed by atoms with Gasteiger partial charge in [-0.05, 0) is 18.9 Å². The SMILES string of the molecule is NC1CCCCC1.O=Nc1nccc(N2CCOCC2)n1. The highest BCUT2D eigenvalue weighted by molar-refractivity contribution is 5.40. The zero-order valence-electron chi connectivity index (χ0n) is 12.3. The first-order chi connectivity index (χ1) is 10.3. The number of anilines is 1. The number of nitroso groups, excluding NO2 is 1. The lowest BCUT2D eigenvalue weighted by Gasteiger charge is -2.27. The zero-order valence-corrected chi connectivity index (χ0v) is 12.3.